The normalized spacial score (nSPS) is 13.4. The van der Waals surface area contributed by atoms with Gasteiger partial charge >= 0.3 is 6.18 Å². The molecular weight excluding hydrogens is 299 g/mol. The molecule has 1 N–H and O–H groups in total. The lowest BCUT2D eigenvalue weighted by Gasteiger charge is -2.19. The van der Waals surface area contributed by atoms with Gasteiger partial charge in [0.05, 0.1) is 22.2 Å². The van der Waals surface area contributed by atoms with E-state index < -0.39 is 11.7 Å². The van der Waals surface area contributed by atoms with Gasteiger partial charge < -0.3 is 5.32 Å². The Morgan fingerprint density at radius 3 is 2.57 bits per heavy atom. The maximum atomic E-state index is 12.7. The molecule has 0 bridgehead atoms. The molecule has 2 aromatic rings. The summed E-state index contributed by atoms with van der Waals surface area (Å²) in [5.74, 6) is 0. The molecule has 0 aliphatic rings. The van der Waals surface area contributed by atoms with Gasteiger partial charge in [-0.1, -0.05) is 17.5 Å². The van der Waals surface area contributed by atoms with Crippen LogP contribution in [-0.2, 0) is 12.6 Å². The van der Waals surface area contributed by atoms with Crippen LogP contribution >= 0.6 is 11.5 Å². The summed E-state index contributed by atoms with van der Waals surface area (Å²) in [5.41, 5.74) is 1.65. The Morgan fingerprint density at radius 1 is 1.33 bits per heavy atom. The van der Waals surface area contributed by atoms with E-state index in [1.165, 1.54) is 23.7 Å². The molecule has 0 saturated heterocycles. The highest BCUT2D eigenvalue weighted by Gasteiger charge is 2.31. The van der Waals surface area contributed by atoms with Crippen LogP contribution in [-0.4, -0.2) is 16.6 Å². The number of alkyl halides is 3. The second kappa shape index (κ2) is 6.11. The summed E-state index contributed by atoms with van der Waals surface area (Å²) < 4.78 is 42.2. The van der Waals surface area contributed by atoms with Crippen LogP contribution in [0.5, 0.6) is 0 Å². The fourth-order valence-electron chi connectivity index (χ4n) is 2.28. The fourth-order valence-corrected chi connectivity index (χ4v) is 3.15. The van der Waals surface area contributed by atoms with Crippen LogP contribution in [0.2, 0.25) is 0 Å². The maximum Gasteiger partial charge on any atom is 0.416 e. The summed E-state index contributed by atoms with van der Waals surface area (Å²) in [7, 11) is 1.78. The van der Waals surface area contributed by atoms with Crippen molar-refractivity contribution in [3.63, 3.8) is 0 Å². The largest absolute Gasteiger partial charge is 0.416 e. The Hall–Kier alpha value is -1.47. The smallest absolute Gasteiger partial charge is 0.309 e. The third-order valence-electron chi connectivity index (χ3n) is 3.38. The van der Waals surface area contributed by atoms with Crippen LogP contribution in [0.25, 0.3) is 0 Å². The summed E-state index contributed by atoms with van der Waals surface area (Å²) >= 11 is 1.27. The van der Waals surface area contributed by atoms with Gasteiger partial charge in [-0.05, 0) is 55.2 Å². The van der Waals surface area contributed by atoms with Crippen molar-refractivity contribution in [1.82, 2.24) is 14.9 Å². The van der Waals surface area contributed by atoms with Crippen molar-refractivity contribution in [3.05, 3.63) is 45.5 Å². The highest BCUT2D eigenvalue weighted by Crippen LogP contribution is 2.34. The molecule has 2 rings (SSSR count). The Labute approximate surface area is 125 Å². The van der Waals surface area contributed by atoms with Gasteiger partial charge in [0.2, 0.25) is 0 Å². The van der Waals surface area contributed by atoms with Gasteiger partial charge in [-0.15, -0.1) is 5.10 Å². The number of aryl methyl sites for hydroxylation is 2. The van der Waals surface area contributed by atoms with Crippen molar-refractivity contribution in [2.24, 2.45) is 0 Å². The minimum absolute atomic E-state index is 0.192. The number of hydrogen-bond donors (Lipinski definition) is 1. The standard InChI is InChI=1S/C14H16F3N3S/c1-4-11-13(21-20-19-11)12(18-3)10-6-5-9(7-8(10)2)14(15,16)17/h5-7,12,18H,4H2,1-3H3. The van der Waals surface area contributed by atoms with Crippen LogP contribution in [0.3, 0.4) is 0 Å². The molecular formula is C14H16F3N3S. The second-order valence-electron chi connectivity index (χ2n) is 4.73. The van der Waals surface area contributed by atoms with Gasteiger partial charge in [-0.3, -0.25) is 0 Å². The molecule has 0 saturated carbocycles. The van der Waals surface area contributed by atoms with Crippen LogP contribution in [0, 0.1) is 6.92 Å². The first-order valence-corrected chi connectivity index (χ1v) is 7.32. The lowest BCUT2D eigenvalue weighted by atomic mass is 9.96. The van der Waals surface area contributed by atoms with Crippen molar-refractivity contribution in [1.29, 1.82) is 0 Å². The van der Waals surface area contributed by atoms with Gasteiger partial charge in [-0.2, -0.15) is 13.2 Å². The molecule has 114 valence electrons. The SMILES string of the molecule is CCc1nnsc1C(NC)c1ccc(C(F)(F)F)cc1C. The zero-order chi connectivity index (χ0) is 15.6. The number of nitrogens with zero attached hydrogens (tertiary/aromatic N) is 2. The van der Waals surface area contributed by atoms with Gasteiger partial charge in [0, 0.05) is 0 Å². The summed E-state index contributed by atoms with van der Waals surface area (Å²) in [5, 5.41) is 7.21. The summed E-state index contributed by atoms with van der Waals surface area (Å²) in [6, 6.07) is 3.63. The van der Waals surface area contributed by atoms with Crippen LogP contribution in [0.4, 0.5) is 13.2 Å². The van der Waals surface area contributed by atoms with Gasteiger partial charge in [0.1, 0.15) is 0 Å². The third-order valence-corrected chi connectivity index (χ3v) is 4.21. The average Bonchev–Trinajstić information content (AvgIpc) is 2.88. The van der Waals surface area contributed by atoms with Crippen LogP contribution in [0.15, 0.2) is 18.2 Å². The van der Waals surface area contributed by atoms with Gasteiger partial charge in [0.15, 0.2) is 0 Å². The quantitative estimate of drug-likeness (QED) is 0.934. The topological polar surface area (TPSA) is 37.8 Å². The second-order valence-corrected chi connectivity index (χ2v) is 5.51. The number of hydrogen-bond acceptors (Lipinski definition) is 4. The first kappa shape index (κ1) is 15.9. The summed E-state index contributed by atoms with van der Waals surface area (Å²) in [6.45, 7) is 3.67. The minimum Gasteiger partial charge on any atom is -0.309 e. The number of nitrogens with one attached hydrogen (secondary N) is 1. The molecule has 0 aliphatic carbocycles. The number of rotatable bonds is 4. The zero-order valence-electron chi connectivity index (χ0n) is 12.0. The molecule has 1 aromatic carbocycles. The number of halogens is 3. The Bertz CT molecular complexity index is 622. The number of aromatic nitrogens is 2. The molecule has 0 amide bonds. The molecule has 0 radical (unpaired) electrons. The molecule has 0 aliphatic heterocycles. The van der Waals surface area contributed by atoms with E-state index >= 15 is 0 Å². The van der Waals surface area contributed by atoms with Crippen LogP contribution < -0.4 is 5.32 Å². The van der Waals surface area contributed by atoms with Crippen LogP contribution in [0.1, 0.15) is 40.2 Å². The van der Waals surface area contributed by atoms with Gasteiger partial charge in [-0.25, -0.2) is 0 Å². The van der Waals surface area contributed by atoms with Crippen molar-refractivity contribution in [2.45, 2.75) is 32.5 Å². The first-order chi connectivity index (χ1) is 9.88. The molecule has 7 heteroatoms. The molecule has 1 aromatic heterocycles. The summed E-state index contributed by atoms with van der Waals surface area (Å²) in [4.78, 5) is 0.947. The maximum absolute atomic E-state index is 12.7. The van der Waals surface area contributed by atoms with E-state index in [-0.39, 0.29) is 6.04 Å². The van der Waals surface area contributed by atoms with Crippen molar-refractivity contribution < 1.29 is 13.2 Å². The van der Waals surface area contributed by atoms with Crippen molar-refractivity contribution in [3.8, 4) is 0 Å². The van der Waals surface area contributed by atoms with Gasteiger partial charge in [0.25, 0.3) is 0 Å². The molecule has 0 fully saturated rings. The fraction of sp³-hybridized carbons (Fsp3) is 0.429. The molecule has 0 spiro atoms. The molecule has 1 unspecified atom stereocenters. The Morgan fingerprint density at radius 2 is 2.05 bits per heavy atom. The lowest BCUT2D eigenvalue weighted by Crippen LogP contribution is -2.19. The molecule has 21 heavy (non-hydrogen) atoms. The van der Waals surface area contributed by atoms with E-state index in [4.69, 9.17) is 0 Å². The predicted molar refractivity (Wildman–Crippen MR) is 76.4 cm³/mol. The van der Waals surface area contributed by atoms with E-state index in [2.05, 4.69) is 14.9 Å². The monoisotopic (exact) mass is 315 g/mol. The predicted octanol–water partition coefficient (Wildman–Crippen LogP) is 3.74. The highest BCUT2D eigenvalue weighted by atomic mass is 32.1. The minimum atomic E-state index is -4.32. The molecule has 1 heterocycles. The third kappa shape index (κ3) is 3.24. The van der Waals surface area contributed by atoms with E-state index in [1.54, 1.807) is 14.0 Å². The van der Waals surface area contributed by atoms with E-state index in [0.717, 1.165) is 28.6 Å². The Balaban J connectivity index is 2.44. The number of benzene rings is 1. The summed E-state index contributed by atoms with van der Waals surface area (Å²) in [6.07, 6.45) is -3.58. The highest BCUT2D eigenvalue weighted by molar-refractivity contribution is 7.05. The zero-order valence-corrected chi connectivity index (χ0v) is 12.8. The van der Waals surface area contributed by atoms with Crippen molar-refractivity contribution >= 4 is 11.5 Å². The lowest BCUT2D eigenvalue weighted by molar-refractivity contribution is -0.137. The first-order valence-electron chi connectivity index (χ1n) is 6.54. The van der Waals surface area contributed by atoms with E-state index in [9.17, 15) is 13.2 Å². The van der Waals surface area contributed by atoms with E-state index in [1.807, 2.05) is 6.92 Å². The Kier molecular flexibility index (Phi) is 4.63. The molecule has 3 nitrogen and oxygen atoms in total. The van der Waals surface area contributed by atoms with Crippen molar-refractivity contribution in [2.75, 3.05) is 7.05 Å². The molecule has 1 atom stereocenters. The van der Waals surface area contributed by atoms with E-state index in [0.29, 0.717) is 5.56 Å². The average molecular weight is 315 g/mol.